The predicted molar refractivity (Wildman–Crippen MR) is 106 cm³/mol. The summed E-state index contributed by atoms with van der Waals surface area (Å²) in [6.45, 7) is 6.37. The van der Waals surface area contributed by atoms with Crippen LogP contribution in [0.2, 0.25) is 5.02 Å². The lowest BCUT2D eigenvalue weighted by molar-refractivity contribution is -0.118. The third-order valence-corrected chi connectivity index (χ3v) is 5.29. The number of benzene rings is 1. The van der Waals surface area contributed by atoms with Crippen molar-refractivity contribution in [3.8, 4) is 0 Å². The lowest BCUT2D eigenvalue weighted by Gasteiger charge is -2.36. The number of aromatic nitrogens is 3. The molecule has 0 atom stereocenters. The molecule has 142 valence electrons. The monoisotopic (exact) mass is 387 g/mol. The van der Waals surface area contributed by atoms with E-state index in [1.165, 1.54) is 0 Å². The molecule has 4 rings (SSSR count). The minimum atomic E-state index is 0.663. The van der Waals surface area contributed by atoms with Crippen LogP contribution in [-0.4, -0.2) is 78.8 Å². The number of nitrogens with zero attached hydrogens (tertiary/aromatic N) is 7. The lowest BCUT2D eigenvalue weighted by atomic mass is 10.2. The van der Waals surface area contributed by atoms with Gasteiger partial charge in [-0.1, -0.05) is 17.7 Å². The minimum Gasteiger partial charge on any atom is -0.368 e. The Balaban J connectivity index is 1.39. The van der Waals surface area contributed by atoms with Crippen LogP contribution in [0.5, 0.6) is 0 Å². The van der Waals surface area contributed by atoms with E-state index in [9.17, 15) is 4.79 Å². The summed E-state index contributed by atoms with van der Waals surface area (Å²) in [5.74, 6) is 1.49. The summed E-state index contributed by atoms with van der Waals surface area (Å²) in [4.78, 5) is 24.0. The van der Waals surface area contributed by atoms with Gasteiger partial charge in [-0.05, 0) is 18.2 Å². The Hall–Kier alpha value is -2.61. The van der Waals surface area contributed by atoms with Crippen LogP contribution in [0.25, 0.3) is 0 Å². The molecule has 2 saturated heterocycles. The molecule has 2 aliphatic rings. The van der Waals surface area contributed by atoms with Crippen LogP contribution >= 0.6 is 11.6 Å². The molecule has 0 unspecified atom stereocenters. The summed E-state index contributed by atoms with van der Waals surface area (Å²) in [7, 11) is 0. The Labute approximate surface area is 163 Å². The molecule has 3 heterocycles. The molecule has 0 bridgehead atoms. The van der Waals surface area contributed by atoms with Gasteiger partial charge in [0.2, 0.25) is 12.4 Å². The summed E-state index contributed by atoms with van der Waals surface area (Å²) in [6.07, 6.45) is 2.60. The number of halogens is 1. The molecule has 0 spiro atoms. The van der Waals surface area contributed by atoms with Crippen molar-refractivity contribution in [3.63, 3.8) is 0 Å². The van der Waals surface area contributed by atoms with Crippen LogP contribution in [-0.2, 0) is 4.79 Å². The fourth-order valence-electron chi connectivity index (χ4n) is 3.47. The van der Waals surface area contributed by atoms with Crippen LogP contribution in [0, 0.1) is 0 Å². The van der Waals surface area contributed by atoms with E-state index >= 15 is 0 Å². The lowest BCUT2D eigenvalue weighted by Crippen LogP contribution is -2.48. The van der Waals surface area contributed by atoms with E-state index in [1.807, 2.05) is 18.2 Å². The number of carbonyl (C=O) groups is 1. The van der Waals surface area contributed by atoms with Gasteiger partial charge in [-0.15, -0.1) is 5.10 Å². The Kier molecular flexibility index (Phi) is 5.24. The third-order valence-electron chi connectivity index (χ3n) is 5.06. The maximum atomic E-state index is 10.9. The summed E-state index contributed by atoms with van der Waals surface area (Å²) < 4.78 is 0. The first-order chi connectivity index (χ1) is 13.2. The molecule has 0 saturated carbocycles. The van der Waals surface area contributed by atoms with Gasteiger partial charge in [-0.25, -0.2) is 0 Å². The standard InChI is InChI=1S/C18H22ClN7O/c19-15-2-1-3-16(12-15)24-8-10-26(11-9-24)18-21-17(13-20-22-18)25-6-4-23(14-27)5-7-25/h1-3,12-14H,4-11H2. The summed E-state index contributed by atoms with van der Waals surface area (Å²) >= 11 is 6.11. The van der Waals surface area contributed by atoms with Crippen LogP contribution in [0.1, 0.15) is 0 Å². The highest BCUT2D eigenvalue weighted by atomic mass is 35.5. The van der Waals surface area contributed by atoms with Crippen molar-refractivity contribution in [2.24, 2.45) is 0 Å². The summed E-state index contributed by atoms with van der Waals surface area (Å²) in [5.41, 5.74) is 1.14. The van der Waals surface area contributed by atoms with Crippen molar-refractivity contribution < 1.29 is 4.79 Å². The highest BCUT2D eigenvalue weighted by molar-refractivity contribution is 6.30. The molecule has 2 aromatic rings. The van der Waals surface area contributed by atoms with Crippen LogP contribution in [0.15, 0.2) is 30.5 Å². The van der Waals surface area contributed by atoms with Crippen molar-refractivity contribution in [2.45, 2.75) is 0 Å². The molecule has 0 N–H and O–H groups in total. The van der Waals surface area contributed by atoms with Gasteiger partial charge in [0.15, 0.2) is 5.82 Å². The minimum absolute atomic E-state index is 0.663. The molecule has 1 aromatic carbocycles. The number of anilines is 3. The van der Waals surface area contributed by atoms with Gasteiger partial charge in [-0.2, -0.15) is 10.1 Å². The van der Waals surface area contributed by atoms with Crippen LogP contribution in [0.3, 0.4) is 0 Å². The molecule has 1 aromatic heterocycles. The van der Waals surface area contributed by atoms with Crippen molar-refractivity contribution in [3.05, 3.63) is 35.5 Å². The van der Waals surface area contributed by atoms with E-state index in [4.69, 9.17) is 16.6 Å². The molecular formula is C18H22ClN7O. The smallest absolute Gasteiger partial charge is 0.247 e. The SMILES string of the molecule is O=CN1CCN(c2cnnc(N3CCN(c4cccc(Cl)c4)CC3)n2)CC1. The second-order valence-electron chi connectivity index (χ2n) is 6.70. The van der Waals surface area contributed by atoms with Gasteiger partial charge < -0.3 is 19.6 Å². The Morgan fingerprint density at radius 2 is 1.63 bits per heavy atom. The van der Waals surface area contributed by atoms with Crippen LogP contribution < -0.4 is 14.7 Å². The number of piperazine rings is 2. The highest BCUT2D eigenvalue weighted by Gasteiger charge is 2.22. The summed E-state index contributed by atoms with van der Waals surface area (Å²) in [5, 5.41) is 9.14. The second kappa shape index (κ2) is 7.96. The largest absolute Gasteiger partial charge is 0.368 e. The predicted octanol–water partition coefficient (Wildman–Crippen LogP) is 1.13. The zero-order chi connectivity index (χ0) is 18.6. The maximum absolute atomic E-state index is 10.9. The number of amides is 1. The van der Waals surface area contributed by atoms with E-state index in [0.717, 1.165) is 62.2 Å². The Morgan fingerprint density at radius 1 is 0.926 bits per heavy atom. The van der Waals surface area contributed by atoms with Crippen LogP contribution in [0.4, 0.5) is 17.5 Å². The van der Waals surface area contributed by atoms with E-state index in [1.54, 1.807) is 11.1 Å². The molecule has 2 aliphatic heterocycles. The number of hydrogen-bond donors (Lipinski definition) is 0. The van der Waals surface area contributed by atoms with E-state index < -0.39 is 0 Å². The molecule has 1 amide bonds. The van der Waals surface area contributed by atoms with Gasteiger partial charge in [0.25, 0.3) is 0 Å². The van der Waals surface area contributed by atoms with E-state index in [2.05, 4.69) is 31.0 Å². The zero-order valence-electron chi connectivity index (χ0n) is 15.0. The molecule has 0 radical (unpaired) electrons. The first-order valence-corrected chi connectivity index (χ1v) is 9.50. The normalized spacial score (nSPS) is 18.0. The van der Waals surface area contributed by atoms with Crippen molar-refractivity contribution >= 4 is 35.5 Å². The number of carbonyl (C=O) groups excluding carboxylic acids is 1. The van der Waals surface area contributed by atoms with Crippen molar-refractivity contribution in [1.82, 2.24) is 20.1 Å². The van der Waals surface area contributed by atoms with Gasteiger partial charge >= 0.3 is 0 Å². The highest BCUT2D eigenvalue weighted by Crippen LogP contribution is 2.22. The molecule has 0 aliphatic carbocycles. The van der Waals surface area contributed by atoms with Crippen molar-refractivity contribution in [2.75, 3.05) is 67.1 Å². The quantitative estimate of drug-likeness (QED) is 0.728. The first kappa shape index (κ1) is 17.8. The molecule has 8 nitrogen and oxygen atoms in total. The molecule has 9 heteroatoms. The Morgan fingerprint density at radius 3 is 2.33 bits per heavy atom. The number of rotatable bonds is 4. The fourth-order valence-corrected chi connectivity index (χ4v) is 3.65. The molecule has 27 heavy (non-hydrogen) atoms. The average molecular weight is 388 g/mol. The van der Waals surface area contributed by atoms with E-state index in [0.29, 0.717) is 19.0 Å². The van der Waals surface area contributed by atoms with Gasteiger partial charge in [0.1, 0.15) is 0 Å². The fraction of sp³-hybridized carbons (Fsp3) is 0.444. The first-order valence-electron chi connectivity index (χ1n) is 9.12. The van der Waals surface area contributed by atoms with Gasteiger partial charge in [-0.3, -0.25) is 4.79 Å². The Bertz CT molecular complexity index is 789. The zero-order valence-corrected chi connectivity index (χ0v) is 15.8. The molecule has 2 fully saturated rings. The maximum Gasteiger partial charge on any atom is 0.247 e. The topological polar surface area (TPSA) is 68.7 Å². The number of hydrogen-bond acceptors (Lipinski definition) is 7. The van der Waals surface area contributed by atoms with Gasteiger partial charge in [0, 0.05) is 63.1 Å². The second-order valence-corrected chi connectivity index (χ2v) is 7.13. The van der Waals surface area contributed by atoms with E-state index in [-0.39, 0.29) is 0 Å². The van der Waals surface area contributed by atoms with Crippen molar-refractivity contribution in [1.29, 1.82) is 0 Å². The third kappa shape index (κ3) is 4.05. The summed E-state index contributed by atoms with van der Waals surface area (Å²) in [6, 6.07) is 7.94. The average Bonchev–Trinajstić information content (AvgIpc) is 2.74. The molecular weight excluding hydrogens is 366 g/mol. The van der Waals surface area contributed by atoms with Gasteiger partial charge in [0.05, 0.1) is 6.20 Å².